The Kier molecular flexibility index (Phi) is 14.0. The van der Waals surface area contributed by atoms with Crippen LogP contribution in [0.25, 0.3) is 4.91 Å². The molecule has 2 aromatic rings. The molecule has 1 amide bonds. The Balaban J connectivity index is 0.000000583. The van der Waals surface area contributed by atoms with Crippen molar-refractivity contribution in [3.8, 4) is 5.75 Å². The van der Waals surface area contributed by atoms with E-state index < -0.39 is 5.54 Å². The minimum Gasteiger partial charge on any atom is -0.497 e. The number of thioether (sulfide) groups is 1. The lowest BCUT2D eigenvalue weighted by Gasteiger charge is -2.40. The molecule has 0 saturated heterocycles. The number of hydrogen-bond donors (Lipinski definition) is 1. The zero-order valence-corrected chi connectivity index (χ0v) is 24.5. The first-order chi connectivity index (χ1) is 17.7. The molecule has 0 aliphatic carbocycles. The minimum absolute atomic E-state index is 0.269. The van der Waals surface area contributed by atoms with Gasteiger partial charge in [0.1, 0.15) is 23.3 Å². The Morgan fingerprint density at radius 3 is 2.32 bits per heavy atom. The van der Waals surface area contributed by atoms with Gasteiger partial charge in [-0.15, -0.1) is 0 Å². The molecule has 1 N–H and O–H groups in total. The summed E-state index contributed by atoms with van der Waals surface area (Å²) in [6.07, 6.45) is 6.56. The molecule has 37 heavy (non-hydrogen) atoms. The average Bonchev–Trinajstić information content (AvgIpc) is 3.36. The Morgan fingerprint density at radius 1 is 1.27 bits per heavy atom. The maximum atomic E-state index is 13.2. The fraction of sp³-hybridized carbons (Fsp3) is 0.483. The van der Waals surface area contributed by atoms with Crippen LogP contribution in [0.15, 0.2) is 48.4 Å². The lowest BCUT2D eigenvalue weighted by Crippen LogP contribution is -2.58. The molecule has 1 aliphatic rings. The smallest absolute Gasteiger partial charge is 0.277 e. The summed E-state index contributed by atoms with van der Waals surface area (Å²) in [6.45, 7) is 16.6. The van der Waals surface area contributed by atoms with E-state index in [1.807, 2.05) is 25.5 Å². The van der Waals surface area contributed by atoms with Crippen LogP contribution in [0.5, 0.6) is 5.75 Å². The van der Waals surface area contributed by atoms with Gasteiger partial charge in [-0.05, 0) is 70.0 Å². The first-order valence-electron chi connectivity index (χ1n) is 12.8. The van der Waals surface area contributed by atoms with E-state index in [-0.39, 0.29) is 12.5 Å². The van der Waals surface area contributed by atoms with Crippen molar-refractivity contribution < 1.29 is 14.3 Å². The molecule has 2 unspecified atom stereocenters. The van der Waals surface area contributed by atoms with Crippen molar-refractivity contribution in [3.05, 3.63) is 59.8 Å². The number of benzene rings is 1. The zero-order chi connectivity index (χ0) is 28.0. The van der Waals surface area contributed by atoms with Crippen molar-refractivity contribution in [1.82, 2.24) is 15.1 Å². The lowest BCUT2D eigenvalue weighted by molar-refractivity contribution is -0.112. The molecule has 0 spiro atoms. The number of amides is 1. The number of nitrogens with zero attached hydrogens (tertiary/aromatic N) is 3. The largest absolute Gasteiger partial charge is 0.497 e. The molecule has 0 saturated carbocycles. The van der Waals surface area contributed by atoms with Crippen LogP contribution in [0.1, 0.15) is 77.0 Å². The van der Waals surface area contributed by atoms with Gasteiger partial charge in [-0.1, -0.05) is 58.0 Å². The Hall–Kier alpha value is -2.84. The van der Waals surface area contributed by atoms with Crippen molar-refractivity contribution in [2.24, 2.45) is 0 Å². The highest BCUT2D eigenvalue weighted by Gasteiger charge is 2.43. The zero-order valence-electron chi connectivity index (χ0n) is 23.7. The molecule has 2 heterocycles. The van der Waals surface area contributed by atoms with E-state index in [4.69, 9.17) is 4.74 Å². The van der Waals surface area contributed by atoms with Gasteiger partial charge in [0.05, 0.1) is 19.3 Å². The van der Waals surface area contributed by atoms with Gasteiger partial charge >= 0.3 is 0 Å². The van der Waals surface area contributed by atoms with Crippen LogP contribution < -0.4 is 15.0 Å². The fourth-order valence-electron chi connectivity index (χ4n) is 3.21. The van der Waals surface area contributed by atoms with Crippen LogP contribution >= 0.6 is 11.8 Å². The van der Waals surface area contributed by atoms with Gasteiger partial charge in [-0.2, -0.15) is 5.10 Å². The standard InChI is InChI=1S/C20H21N3O3S.C5H13N.C4H10/c1-5-10-27-14(2)17-11-18-19(25)23(15-6-8-16(26-4)9-7-15)20(3,13-24)12-22(18)21-17;1-4-5(2)6-3;1-3-4-2/h5-11,13H,2,12H2,1,3-4H3;5-6H,4H2,1-3H3;3-4H2,1-2H3/b10-5-;;. The number of allylic oxidation sites excluding steroid dienone is 1. The van der Waals surface area contributed by atoms with Crippen LogP contribution in [0.3, 0.4) is 0 Å². The summed E-state index contributed by atoms with van der Waals surface area (Å²) >= 11 is 1.44. The van der Waals surface area contributed by atoms with Gasteiger partial charge in [-0.25, -0.2) is 0 Å². The minimum atomic E-state index is -1.04. The predicted octanol–water partition coefficient (Wildman–Crippen LogP) is 6.56. The summed E-state index contributed by atoms with van der Waals surface area (Å²) in [6, 6.07) is 9.48. The first-order valence-corrected chi connectivity index (χ1v) is 13.7. The highest BCUT2D eigenvalue weighted by Crippen LogP contribution is 2.34. The molecule has 204 valence electrons. The van der Waals surface area contributed by atoms with E-state index in [0.717, 1.165) is 11.2 Å². The van der Waals surface area contributed by atoms with Crippen molar-refractivity contribution in [2.75, 3.05) is 19.1 Å². The summed E-state index contributed by atoms with van der Waals surface area (Å²) in [5.74, 6) is 0.407. The molecule has 0 fully saturated rings. The summed E-state index contributed by atoms with van der Waals surface area (Å²) in [7, 11) is 3.56. The molecule has 1 aromatic carbocycles. The molecule has 2 atom stereocenters. The van der Waals surface area contributed by atoms with Gasteiger partial charge in [-0.3, -0.25) is 14.4 Å². The van der Waals surface area contributed by atoms with Gasteiger partial charge < -0.3 is 14.8 Å². The number of unbranched alkanes of at least 4 members (excludes halogenated alkanes) is 1. The van der Waals surface area contributed by atoms with Gasteiger partial charge in [0.25, 0.3) is 5.91 Å². The molecule has 8 heteroatoms. The molecule has 7 nitrogen and oxygen atoms in total. The van der Waals surface area contributed by atoms with Gasteiger partial charge in [0.2, 0.25) is 0 Å². The van der Waals surface area contributed by atoms with Crippen molar-refractivity contribution >= 4 is 34.5 Å². The van der Waals surface area contributed by atoms with E-state index in [1.165, 1.54) is 35.9 Å². The second-order valence-corrected chi connectivity index (χ2v) is 10.00. The normalized spacial score (nSPS) is 17.2. The summed E-state index contributed by atoms with van der Waals surface area (Å²) in [4.78, 5) is 27.4. The summed E-state index contributed by atoms with van der Waals surface area (Å²) in [5.41, 5.74) is 0.653. The highest BCUT2D eigenvalue weighted by molar-refractivity contribution is 8.10. The lowest BCUT2D eigenvalue weighted by atomic mass is 9.97. The molecule has 1 aromatic heterocycles. The quantitative estimate of drug-likeness (QED) is 0.372. The van der Waals surface area contributed by atoms with Crippen LogP contribution in [-0.2, 0) is 11.3 Å². The van der Waals surface area contributed by atoms with Crippen LogP contribution in [0.2, 0.25) is 0 Å². The monoisotopic (exact) mass is 528 g/mol. The molecule has 1 aliphatic heterocycles. The van der Waals surface area contributed by atoms with Gasteiger partial charge in [0, 0.05) is 16.6 Å². The average molecular weight is 529 g/mol. The number of carbonyl (C=O) groups excluding carboxylic acids is 2. The number of nitrogens with one attached hydrogen (secondary N) is 1. The van der Waals surface area contributed by atoms with E-state index in [2.05, 4.69) is 44.7 Å². The third-order valence-electron chi connectivity index (χ3n) is 6.00. The number of rotatable bonds is 9. The van der Waals surface area contributed by atoms with E-state index in [1.54, 1.807) is 49.0 Å². The number of aldehydes is 1. The first kappa shape index (κ1) is 32.2. The van der Waals surface area contributed by atoms with Crippen LogP contribution in [0.4, 0.5) is 5.69 Å². The maximum Gasteiger partial charge on any atom is 0.277 e. The number of carbonyl (C=O) groups is 2. The molecular formula is C29H44N4O3S. The Morgan fingerprint density at radius 2 is 1.89 bits per heavy atom. The third kappa shape index (κ3) is 8.90. The number of anilines is 1. The van der Waals surface area contributed by atoms with E-state index in [9.17, 15) is 9.59 Å². The Labute approximate surface area is 227 Å². The number of fused-ring (bicyclic) bond motifs is 1. The fourth-order valence-corrected chi connectivity index (χ4v) is 3.74. The van der Waals surface area contributed by atoms with Crippen molar-refractivity contribution in [3.63, 3.8) is 0 Å². The highest BCUT2D eigenvalue weighted by atomic mass is 32.2. The van der Waals surface area contributed by atoms with Crippen molar-refractivity contribution in [1.29, 1.82) is 0 Å². The molecule has 3 rings (SSSR count). The maximum absolute atomic E-state index is 13.2. The molecule has 0 bridgehead atoms. The van der Waals surface area contributed by atoms with E-state index >= 15 is 0 Å². The topological polar surface area (TPSA) is 76.5 Å². The summed E-state index contributed by atoms with van der Waals surface area (Å²) < 4.78 is 6.77. The van der Waals surface area contributed by atoms with E-state index in [0.29, 0.717) is 28.9 Å². The number of aromatic nitrogens is 2. The molecule has 0 radical (unpaired) electrons. The Bertz CT molecular complexity index is 1030. The molecular weight excluding hydrogens is 484 g/mol. The predicted molar refractivity (Wildman–Crippen MR) is 157 cm³/mol. The number of methoxy groups -OCH3 is 1. The van der Waals surface area contributed by atoms with Gasteiger partial charge in [0.15, 0.2) is 0 Å². The SMILES string of the molecule is C=C(S/C=C\C)c1cc2n(n1)CC(C)(C=O)N(c1ccc(OC)cc1)C2=O.CCC(C)NC.CCCC. The van der Waals surface area contributed by atoms with Crippen LogP contribution in [-0.4, -0.2) is 47.7 Å². The third-order valence-corrected chi connectivity index (χ3v) is 6.91. The summed E-state index contributed by atoms with van der Waals surface area (Å²) in [5, 5.41) is 9.51. The number of hydrogen-bond acceptors (Lipinski definition) is 6. The second-order valence-electron chi connectivity index (χ2n) is 8.99. The van der Waals surface area contributed by atoms with Crippen molar-refractivity contribution in [2.45, 2.75) is 78.9 Å². The van der Waals surface area contributed by atoms with Crippen LogP contribution in [0, 0.1) is 0 Å². The second kappa shape index (κ2) is 16.1. The number of ether oxygens (including phenoxy) is 1.